The van der Waals surface area contributed by atoms with E-state index in [4.69, 9.17) is 11.6 Å². The maximum atomic E-state index is 5.94. The molecule has 0 aromatic carbocycles. The molecule has 0 bridgehead atoms. The van der Waals surface area contributed by atoms with Crippen molar-refractivity contribution in [3.8, 4) is 0 Å². The van der Waals surface area contributed by atoms with Gasteiger partial charge < -0.3 is 5.32 Å². The van der Waals surface area contributed by atoms with E-state index < -0.39 is 0 Å². The Bertz CT molecular complexity index is 490. The van der Waals surface area contributed by atoms with Gasteiger partial charge in [-0.15, -0.1) is 11.3 Å². The van der Waals surface area contributed by atoms with Crippen LogP contribution in [0.4, 0.5) is 0 Å². The zero-order valence-electron chi connectivity index (χ0n) is 10.0. The lowest BCUT2D eigenvalue weighted by molar-refractivity contribution is 0.546. The zero-order valence-corrected chi connectivity index (χ0v) is 11.6. The van der Waals surface area contributed by atoms with E-state index in [9.17, 15) is 0 Å². The van der Waals surface area contributed by atoms with Crippen LogP contribution in [0.1, 0.15) is 16.1 Å². The van der Waals surface area contributed by atoms with Gasteiger partial charge in [0.2, 0.25) is 0 Å². The highest BCUT2D eigenvalue weighted by atomic mass is 35.5. The summed E-state index contributed by atoms with van der Waals surface area (Å²) in [7, 11) is 0. The van der Waals surface area contributed by atoms with Crippen LogP contribution in [0.3, 0.4) is 0 Å². The minimum absolute atomic E-state index is 0.735. The second-order valence-corrected chi connectivity index (χ2v) is 5.41. The van der Waals surface area contributed by atoms with Crippen molar-refractivity contribution < 1.29 is 0 Å². The lowest BCUT2D eigenvalue weighted by Crippen LogP contribution is -2.20. The van der Waals surface area contributed by atoms with Crippen molar-refractivity contribution in [2.24, 2.45) is 0 Å². The van der Waals surface area contributed by atoms with Gasteiger partial charge in [-0.05, 0) is 30.9 Å². The Hall–Kier alpha value is -0.840. The molecule has 0 amide bonds. The third-order valence-electron chi connectivity index (χ3n) is 2.80. The number of hydrogen-bond donors (Lipinski definition) is 1. The molecule has 0 aliphatic rings. The predicted octanol–water partition coefficient (Wildman–Crippen LogP) is 3.00. The minimum Gasteiger partial charge on any atom is -0.310 e. The number of halogens is 1. The number of aryl methyl sites for hydroxylation is 1. The molecule has 0 saturated heterocycles. The Balaban J connectivity index is 1.77. The summed E-state index contributed by atoms with van der Waals surface area (Å²) in [5.41, 5.74) is 2.39. The number of aromatic nitrogens is 2. The van der Waals surface area contributed by atoms with Crippen molar-refractivity contribution in [1.82, 2.24) is 15.1 Å². The van der Waals surface area contributed by atoms with E-state index >= 15 is 0 Å². The van der Waals surface area contributed by atoms with E-state index in [-0.39, 0.29) is 0 Å². The van der Waals surface area contributed by atoms with Gasteiger partial charge in [0, 0.05) is 18.0 Å². The fraction of sp³-hybridized carbons (Fsp3) is 0.417. The summed E-state index contributed by atoms with van der Waals surface area (Å²) in [6.45, 7) is 6.81. The molecule has 17 heavy (non-hydrogen) atoms. The molecule has 2 heterocycles. The summed E-state index contributed by atoms with van der Waals surface area (Å²) in [6.07, 6.45) is 1.69. The third kappa shape index (κ3) is 3.09. The molecule has 92 valence electrons. The van der Waals surface area contributed by atoms with E-state index in [1.165, 1.54) is 10.4 Å². The first-order valence-corrected chi connectivity index (χ1v) is 6.86. The second-order valence-electron chi connectivity index (χ2n) is 4.00. The first-order valence-electron chi connectivity index (χ1n) is 5.60. The van der Waals surface area contributed by atoms with Crippen LogP contribution in [0.5, 0.6) is 0 Å². The quantitative estimate of drug-likeness (QED) is 0.846. The van der Waals surface area contributed by atoms with E-state index in [0.717, 1.165) is 30.4 Å². The van der Waals surface area contributed by atoms with Gasteiger partial charge >= 0.3 is 0 Å². The van der Waals surface area contributed by atoms with E-state index in [1.807, 2.05) is 11.6 Å². The lowest BCUT2D eigenvalue weighted by Gasteiger charge is -2.06. The molecule has 0 aliphatic heterocycles. The molecule has 0 spiro atoms. The van der Waals surface area contributed by atoms with Crippen LogP contribution in [0.25, 0.3) is 0 Å². The Kier molecular flexibility index (Phi) is 4.20. The summed E-state index contributed by atoms with van der Waals surface area (Å²) in [5, 5.41) is 10.5. The average Bonchev–Trinajstić information content (AvgIpc) is 2.85. The molecule has 2 aromatic heterocycles. The summed E-state index contributed by atoms with van der Waals surface area (Å²) in [6, 6.07) is 2.15. The van der Waals surface area contributed by atoms with Crippen LogP contribution in [-0.2, 0) is 13.1 Å². The zero-order chi connectivity index (χ0) is 12.3. The average molecular weight is 270 g/mol. The van der Waals surface area contributed by atoms with Crippen LogP contribution in [0.15, 0.2) is 17.6 Å². The van der Waals surface area contributed by atoms with E-state index in [0.29, 0.717) is 0 Å². The fourth-order valence-electron chi connectivity index (χ4n) is 1.62. The van der Waals surface area contributed by atoms with Crippen molar-refractivity contribution in [1.29, 1.82) is 0 Å². The first kappa shape index (κ1) is 12.6. The molecule has 1 N–H and O–H groups in total. The molecular formula is C12H16ClN3S. The molecule has 2 aromatic rings. The van der Waals surface area contributed by atoms with E-state index in [1.54, 1.807) is 17.5 Å². The smallest absolute Gasteiger partial charge is 0.0814 e. The largest absolute Gasteiger partial charge is 0.310 e. The topological polar surface area (TPSA) is 29.9 Å². The van der Waals surface area contributed by atoms with Gasteiger partial charge in [-0.2, -0.15) is 5.10 Å². The van der Waals surface area contributed by atoms with Gasteiger partial charge in [0.05, 0.1) is 23.5 Å². The minimum atomic E-state index is 0.735. The third-order valence-corrected chi connectivity index (χ3v) is 4.19. The van der Waals surface area contributed by atoms with Crippen LogP contribution in [0.2, 0.25) is 5.02 Å². The molecule has 0 aliphatic carbocycles. The highest BCUT2D eigenvalue weighted by Gasteiger charge is 2.03. The predicted molar refractivity (Wildman–Crippen MR) is 72.7 cm³/mol. The Labute approximate surface area is 110 Å². The Morgan fingerprint density at radius 1 is 1.47 bits per heavy atom. The number of nitrogens with one attached hydrogen (secondary N) is 1. The molecule has 0 saturated carbocycles. The summed E-state index contributed by atoms with van der Waals surface area (Å²) in [5.74, 6) is 0. The van der Waals surface area contributed by atoms with Crippen molar-refractivity contribution >= 4 is 22.9 Å². The van der Waals surface area contributed by atoms with Crippen LogP contribution < -0.4 is 5.32 Å². The summed E-state index contributed by atoms with van der Waals surface area (Å²) >= 11 is 7.74. The Morgan fingerprint density at radius 2 is 2.29 bits per heavy atom. The SMILES string of the molecule is Cc1ccsc1CNCCn1ncc(Cl)c1C. The highest BCUT2D eigenvalue weighted by molar-refractivity contribution is 7.10. The molecule has 5 heteroatoms. The molecule has 0 atom stereocenters. The lowest BCUT2D eigenvalue weighted by atomic mass is 10.3. The van der Waals surface area contributed by atoms with Crippen LogP contribution in [-0.4, -0.2) is 16.3 Å². The van der Waals surface area contributed by atoms with Crippen LogP contribution >= 0.6 is 22.9 Å². The molecule has 2 rings (SSSR count). The number of hydrogen-bond acceptors (Lipinski definition) is 3. The van der Waals surface area contributed by atoms with Crippen LogP contribution in [0, 0.1) is 13.8 Å². The summed E-state index contributed by atoms with van der Waals surface area (Å²) < 4.78 is 1.93. The molecule has 0 radical (unpaired) electrons. The van der Waals surface area contributed by atoms with Crippen molar-refractivity contribution in [3.05, 3.63) is 38.8 Å². The standard InChI is InChI=1S/C12H16ClN3S/c1-9-3-6-17-12(9)8-14-4-5-16-10(2)11(13)7-15-16/h3,6-7,14H,4-5,8H2,1-2H3. The van der Waals surface area contributed by atoms with Gasteiger partial charge in [-0.1, -0.05) is 11.6 Å². The van der Waals surface area contributed by atoms with E-state index in [2.05, 4.69) is 28.8 Å². The number of thiophene rings is 1. The number of rotatable bonds is 5. The highest BCUT2D eigenvalue weighted by Crippen LogP contribution is 2.15. The van der Waals surface area contributed by atoms with Gasteiger partial charge in [0.25, 0.3) is 0 Å². The monoisotopic (exact) mass is 269 g/mol. The van der Waals surface area contributed by atoms with Gasteiger partial charge in [-0.25, -0.2) is 0 Å². The van der Waals surface area contributed by atoms with Crippen molar-refractivity contribution in [2.75, 3.05) is 6.54 Å². The van der Waals surface area contributed by atoms with Gasteiger partial charge in [0.15, 0.2) is 0 Å². The molecule has 0 unspecified atom stereocenters. The number of nitrogens with zero attached hydrogens (tertiary/aromatic N) is 2. The van der Waals surface area contributed by atoms with Crippen molar-refractivity contribution in [3.63, 3.8) is 0 Å². The first-order chi connectivity index (χ1) is 8.18. The summed E-state index contributed by atoms with van der Waals surface area (Å²) in [4.78, 5) is 1.40. The maximum Gasteiger partial charge on any atom is 0.0814 e. The fourth-order valence-corrected chi connectivity index (χ4v) is 2.64. The van der Waals surface area contributed by atoms with Gasteiger partial charge in [0.1, 0.15) is 0 Å². The normalized spacial score (nSPS) is 11.0. The van der Waals surface area contributed by atoms with Crippen molar-refractivity contribution in [2.45, 2.75) is 26.9 Å². The Morgan fingerprint density at radius 3 is 2.88 bits per heavy atom. The second kappa shape index (κ2) is 5.67. The molecular weight excluding hydrogens is 254 g/mol. The molecule has 3 nitrogen and oxygen atoms in total. The maximum absolute atomic E-state index is 5.94. The van der Waals surface area contributed by atoms with Gasteiger partial charge in [-0.3, -0.25) is 4.68 Å². The molecule has 0 fully saturated rings.